The van der Waals surface area contributed by atoms with Crippen LogP contribution in [0.4, 0.5) is 0 Å². The molecule has 0 fully saturated rings. The summed E-state index contributed by atoms with van der Waals surface area (Å²) >= 11 is 8.84. The number of nitrogens with one attached hydrogen (secondary N) is 1. The number of hydrogen-bond acceptors (Lipinski definition) is 2. The Hall–Kier alpha value is -0.160. The zero-order chi connectivity index (χ0) is 13.0. The van der Waals surface area contributed by atoms with E-state index in [0.717, 1.165) is 17.4 Å². The van der Waals surface area contributed by atoms with Crippen LogP contribution in [-0.4, -0.2) is 6.54 Å². The maximum atomic E-state index is 3.63. The van der Waals surface area contributed by atoms with E-state index in [9.17, 15) is 0 Å². The molecule has 1 N–H and O–H groups in total. The van der Waals surface area contributed by atoms with Crippen LogP contribution in [-0.2, 0) is 0 Å². The molecule has 0 bridgehead atoms. The van der Waals surface area contributed by atoms with Gasteiger partial charge in [0.05, 0.1) is 6.04 Å². The smallest absolute Gasteiger partial charge is 0.0596 e. The monoisotopic (exact) mass is 387 g/mol. The number of thiophene rings is 1. The Morgan fingerprint density at radius 3 is 2.44 bits per heavy atom. The Kier molecular flexibility index (Phi) is 5.42. The molecule has 0 radical (unpaired) electrons. The van der Waals surface area contributed by atoms with Gasteiger partial charge >= 0.3 is 0 Å². The predicted octanol–water partition coefficient (Wildman–Crippen LogP) is 5.36. The first-order valence-corrected chi connectivity index (χ1v) is 8.45. The normalized spacial score (nSPS) is 12.6. The fourth-order valence-corrected chi connectivity index (χ4v) is 3.66. The lowest BCUT2D eigenvalue weighted by atomic mass is 10.0. The first-order valence-electron chi connectivity index (χ1n) is 5.92. The highest BCUT2D eigenvalue weighted by Gasteiger charge is 2.16. The van der Waals surface area contributed by atoms with Crippen molar-refractivity contribution in [2.45, 2.75) is 19.4 Å². The van der Waals surface area contributed by atoms with Crippen molar-refractivity contribution >= 4 is 43.2 Å². The van der Waals surface area contributed by atoms with Gasteiger partial charge in [-0.15, -0.1) is 0 Å². The first-order chi connectivity index (χ1) is 8.72. The third-order valence-electron chi connectivity index (χ3n) is 2.76. The van der Waals surface area contributed by atoms with Gasteiger partial charge in [0.1, 0.15) is 0 Å². The van der Waals surface area contributed by atoms with Crippen molar-refractivity contribution in [3.05, 3.63) is 55.1 Å². The van der Waals surface area contributed by atoms with Crippen molar-refractivity contribution in [2.75, 3.05) is 6.54 Å². The molecule has 18 heavy (non-hydrogen) atoms. The quantitative estimate of drug-likeness (QED) is 0.726. The van der Waals surface area contributed by atoms with Gasteiger partial charge in [0.2, 0.25) is 0 Å². The van der Waals surface area contributed by atoms with Gasteiger partial charge in [0.25, 0.3) is 0 Å². The highest BCUT2D eigenvalue weighted by molar-refractivity contribution is 9.10. The summed E-state index contributed by atoms with van der Waals surface area (Å²) in [6, 6.07) is 8.79. The summed E-state index contributed by atoms with van der Waals surface area (Å²) in [5, 5.41) is 7.95. The molecule has 2 rings (SSSR count). The Labute approximate surface area is 129 Å². The van der Waals surface area contributed by atoms with Crippen LogP contribution in [0, 0.1) is 0 Å². The van der Waals surface area contributed by atoms with Crippen LogP contribution in [0.25, 0.3) is 0 Å². The van der Waals surface area contributed by atoms with Crippen molar-refractivity contribution < 1.29 is 0 Å². The first kappa shape index (κ1) is 14.3. The second kappa shape index (κ2) is 6.85. The van der Waals surface area contributed by atoms with E-state index in [4.69, 9.17) is 0 Å². The average Bonchev–Trinajstić information content (AvgIpc) is 2.78. The van der Waals surface area contributed by atoms with Gasteiger partial charge in [0, 0.05) is 14.3 Å². The fourth-order valence-electron chi connectivity index (χ4n) is 1.85. The molecule has 0 spiro atoms. The van der Waals surface area contributed by atoms with Gasteiger partial charge in [-0.3, -0.25) is 0 Å². The molecule has 1 aromatic carbocycles. The maximum absolute atomic E-state index is 3.63. The minimum Gasteiger partial charge on any atom is -0.306 e. The summed E-state index contributed by atoms with van der Waals surface area (Å²) in [5.41, 5.74) is 2.61. The number of hydrogen-bond donors (Lipinski definition) is 1. The van der Waals surface area contributed by atoms with Crippen molar-refractivity contribution in [1.29, 1.82) is 0 Å². The molecule has 0 aliphatic heterocycles. The van der Waals surface area contributed by atoms with E-state index in [0.29, 0.717) is 0 Å². The minimum atomic E-state index is 0.263. The topological polar surface area (TPSA) is 12.0 Å². The van der Waals surface area contributed by atoms with Gasteiger partial charge in [-0.2, -0.15) is 11.3 Å². The number of halogens is 2. The van der Waals surface area contributed by atoms with Crippen LogP contribution in [0.1, 0.15) is 30.5 Å². The van der Waals surface area contributed by atoms with E-state index >= 15 is 0 Å². The van der Waals surface area contributed by atoms with Crippen LogP contribution >= 0.6 is 43.2 Å². The standard InChI is InChI=1S/C14H15Br2NS/c1-2-7-17-14(12-8-18-9-13(12)16)10-3-5-11(15)6-4-10/h3-6,8-9,14,17H,2,7H2,1H3. The molecule has 1 heterocycles. The summed E-state index contributed by atoms with van der Waals surface area (Å²) in [5.74, 6) is 0. The molecule has 0 aliphatic carbocycles. The zero-order valence-electron chi connectivity index (χ0n) is 10.1. The molecule has 0 saturated carbocycles. The van der Waals surface area contributed by atoms with Crippen LogP contribution < -0.4 is 5.32 Å². The number of rotatable bonds is 5. The Morgan fingerprint density at radius 2 is 1.89 bits per heavy atom. The molecular weight excluding hydrogens is 374 g/mol. The lowest BCUT2D eigenvalue weighted by Gasteiger charge is -2.19. The second-order valence-electron chi connectivity index (χ2n) is 4.11. The van der Waals surface area contributed by atoms with E-state index in [1.54, 1.807) is 11.3 Å². The fraction of sp³-hybridized carbons (Fsp3) is 0.286. The Morgan fingerprint density at radius 1 is 1.17 bits per heavy atom. The minimum absolute atomic E-state index is 0.263. The molecule has 1 aromatic heterocycles. The van der Waals surface area contributed by atoms with Crippen LogP contribution in [0.15, 0.2) is 44.0 Å². The molecule has 4 heteroatoms. The van der Waals surface area contributed by atoms with Crippen LogP contribution in [0.3, 0.4) is 0 Å². The van der Waals surface area contributed by atoms with Gasteiger partial charge in [-0.25, -0.2) is 0 Å². The summed E-state index contributed by atoms with van der Waals surface area (Å²) in [4.78, 5) is 0. The third kappa shape index (κ3) is 3.44. The average molecular weight is 389 g/mol. The maximum Gasteiger partial charge on any atom is 0.0596 e. The molecule has 0 saturated heterocycles. The third-order valence-corrected chi connectivity index (χ3v) is 5.04. The lowest BCUT2D eigenvalue weighted by molar-refractivity contribution is 0.598. The molecule has 0 amide bonds. The molecule has 0 aliphatic rings. The van der Waals surface area contributed by atoms with Crippen LogP contribution in [0.2, 0.25) is 0 Å². The zero-order valence-corrected chi connectivity index (χ0v) is 14.1. The van der Waals surface area contributed by atoms with E-state index in [2.05, 4.69) is 79.1 Å². The Balaban J connectivity index is 2.30. The number of benzene rings is 1. The van der Waals surface area contributed by atoms with Crippen molar-refractivity contribution in [2.24, 2.45) is 0 Å². The highest BCUT2D eigenvalue weighted by atomic mass is 79.9. The lowest BCUT2D eigenvalue weighted by Crippen LogP contribution is -2.23. The molecule has 96 valence electrons. The van der Waals surface area contributed by atoms with Gasteiger partial charge in [0.15, 0.2) is 0 Å². The van der Waals surface area contributed by atoms with E-state index < -0.39 is 0 Å². The molecule has 1 nitrogen and oxygen atoms in total. The van der Waals surface area contributed by atoms with E-state index in [-0.39, 0.29) is 6.04 Å². The SMILES string of the molecule is CCCNC(c1ccc(Br)cc1)c1cscc1Br. The molecular formula is C14H15Br2NS. The summed E-state index contributed by atoms with van der Waals surface area (Å²) in [6.07, 6.45) is 1.13. The molecule has 1 unspecified atom stereocenters. The molecule has 1 atom stereocenters. The Bertz CT molecular complexity index is 493. The largest absolute Gasteiger partial charge is 0.306 e. The van der Waals surface area contributed by atoms with Gasteiger partial charge in [-0.05, 0) is 57.5 Å². The van der Waals surface area contributed by atoms with E-state index in [1.165, 1.54) is 15.6 Å². The van der Waals surface area contributed by atoms with Gasteiger partial charge < -0.3 is 5.32 Å². The predicted molar refractivity (Wildman–Crippen MR) is 86.3 cm³/mol. The summed E-state index contributed by atoms with van der Waals surface area (Å²) in [6.45, 7) is 3.21. The van der Waals surface area contributed by atoms with Crippen molar-refractivity contribution in [3.63, 3.8) is 0 Å². The van der Waals surface area contributed by atoms with Gasteiger partial charge in [-0.1, -0.05) is 35.0 Å². The van der Waals surface area contributed by atoms with Crippen molar-refractivity contribution in [1.82, 2.24) is 5.32 Å². The highest BCUT2D eigenvalue weighted by Crippen LogP contribution is 2.32. The van der Waals surface area contributed by atoms with Crippen LogP contribution in [0.5, 0.6) is 0 Å². The second-order valence-corrected chi connectivity index (χ2v) is 6.63. The summed E-state index contributed by atoms with van der Waals surface area (Å²) in [7, 11) is 0. The summed E-state index contributed by atoms with van der Waals surface area (Å²) < 4.78 is 2.30. The van der Waals surface area contributed by atoms with Crippen molar-refractivity contribution in [3.8, 4) is 0 Å². The molecule has 2 aromatic rings. The van der Waals surface area contributed by atoms with E-state index in [1.807, 2.05) is 0 Å².